The first-order valence-electron chi connectivity index (χ1n) is 9.78. The van der Waals surface area contributed by atoms with Crippen LogP contribution in [0.3, 0.4) is 0 Å². The maximum absolute atomic E-state index is 13.6. The van der Waals surface area contributed by atoms with Gasteiger partial charge in [-0.1, -0.05) is 18.2 Å². The fraction of sp³-hybridized carbons (Fsp3) is 0.650. The number of hydrogen-bond acceptors (Lipinski definition) is 3. The standard InChI is InChI=1S/C20H30FN3O2/c21-19-6-2-1-4-17(19)5-3-10-22-20(26)24-12-11-23(14-16-7-8-16)18(15-24)9-13-25/h1-2,4,6,16,18,25H,3,5,7-15H2,(H,22,26)/t18-/m0/s1. The van der Waals surface area contributed by atoms with Gasteiger partial charge in [0, 0.05) is 45.4 Å². The maximum Gasteiger partial charge on any atom is 0.317 e. The Balaban J connectivity index is 1.40. The number of aryl methyl sites for hydroxylation is 1. The third-order valence-corrected chi connectivity index (χ3v) is 5.40. The molecule has 1 saturated heterocycles. The molecule has 1 saturated carbocycles. The normalized spacial score (nSPS) is 21.0. The molecule has 3 rings (SSSR count). The smallest absolute Gasteiger partial charge is 0.317 e. The average Bonchev–Trinajstić information content (AvgIpc) is 3.45. The molecule has 26 heavy (non-hydrogen) atoms. The number of nitrogens with zero attached hydrogens (tertiary/aromatic N) is 2. The van der Waals surface area contributed by atoms with E-state index in [4.69, 9.17) is 0 Å². The van der Waals surface area contributed by atoms with E-state index in [-0.39, 0.29) is 24.5 Å². The van der Waals surface area contributed by atoms with Gasteiger partial charge in [-0.2, -0.15) is 0 Å². The quantitative estimate of drug-likeness (QED) is 0.697. The number of benzene rings is 1. The molecule has 2 amide bonds. The van der Waals surface area contributed by atoms with Gasteiger partial charge in [-0.15, -0.1) is 0 Å². The van der Waals surface area contributed by atoms with E-state index in [1.165, 1.54) is 18.9 Å². The summed E-state index contributed by atoms with van der Waals surface area (Å²) < 4.78 is 13.6. The lowest BCUT2D eigenvalue weighted by molar-refractivity contribution is 0.0704. The van der Waals surface area contributed by atoms with Crippen molar-refractivity contribution in [1.82, 2.24) is 15.1 Å². The first-order chi connectivity index (χ1) is 12.7. The molecule has 1 aromatic rings. The number of rotatable bonds is 8. The molecule has 0 aromatic heterocycles. The first-order valence-corrected chi connectivity index (χ1v) is 9.78. The SMILES string of the molecule is O=C(NCCCc1ccccc1F)N1CCN(CC2CC2)[C@@H](CCO)C1. The van der Waals surface area contributed by atoms with Crippen LogP contribution < -0.4 is 5.32 Å². The van der Waals surface area contributed by atoms with Crippen molar-refractivity contribution in [3.05, 3.63) is 35.6 Å². The highest BCUT2D eigenvalue weighted by Gasteiger charge is 2.33. The van der Waals surface area contributed by atoms with Crippen molar-refractivity contribution < 1.29 is 14.3 Å². The van der Waals surface area contributed by atoms with Crippen LogP contribution in [-0.2, 0) is 6.42 Å². The zero-order valence-electron chi connectivity index (χ0n) is 15.4. The Bertz CT molecular complexity index is 594. The number of nitrogens with one attached hydrogen (secondary N) is 1. The monoisotopic (exact) mass is 363 g/mol. The van der Waals surface area contributed by atoms with Gasteiger partial charge >= 0.3 is 6.03 Å². The van der Waals surface area contributed by atoms with Gasteiger partial charge in [0.25, 0.3) is 0 Å². The van der Waals surface area contributed by atoms with Gasteiger partial charge in [0.1, 0.15) is 5.82 Å². The fourth-order valence-corrected chi connectivity index (χ4v) is 3.66. The molecule has 0 unspecified atom stereocenters. The second-order valence-corrected chi connectivity index (χ2v) is 7.48. The van der Waals surface area contributed by atoms with Crippen LogP contribution in [0.15, 0.2) is 24.3 Å². The zero-order chi connectivity index (χ0) is 18.4. The maximum atomic E-state index is 13.6. The second kappa shape index (κ2) is 9.33. The third kappa shape index (κ3) is 5.42. The first kappa shape index (κ1) is 19.1. The Morgan fingerprint density at radius 2 is 2.08 bits per heavy atom. The lowest BCUT2D eigenvalue weighted by Gasteiger charge is -2.41. The summed E-state index contributed by atoms with van der Waals surface area (Å²) in [5.74, 6) is 0.632. The zero-order valence-corrected chi connectivity index (χ0v) is 15.4. The molecule has 1 aliphatic heterocycles. The van der Waals surface area contributed by atoms with E-state index in [0.29, 0.717) is 37.9 Å². The van der Waals surface area contributed by atoms with Crippen LogP contribution in [-0.4, -0.2) is 66.3 Å². The molecule has 144 valence electrons. The Kier molecular flexibility index (Phi) is 6.86. The predicted octanol–water partition coefficient (Wildman–Crippen LogP) is 2.25. The molecule has 0 bridgehead atoms. The van der Waals surface area contributed by atoms with E-state index in [1.807, 2.05) is 11.0 Å². The van der Waals surface area contributed by atoms with Gasteiger partial charge in [-0.3, -0.25) is 4.90 Å². The summed E-state index contributed by atoms with van der Waals surface area (Å²) >= 11 is 0. The van der Waals surface area contributed by atoms with E-state index < -0.39 is 0 Å². The summed E-state index contributed by atoms with van der Waals surface area (Å²) in [6, 6.07) is 6.98. The van der Waals surface area contributed by atoms with Crippen molar-refractivity contribution >= 4 is 6.03 Å². The molecule has 2 N–H and O–H groups in total. The number of amides is 2. The molecule has 1 aromatic carbocycles. The molecule has 2 fully saturated rings. The minimum Gasteiger partial charge on any atom is -0.396 e. The van der Waals surface area contributed by atoms with Crippen LogP contribution in [0.2, 0.25) is 0 Å². The van der Waals surface area contributed by atoms with E-state index in [0.717, 1.165) is 25.6 Å². The van der Waals surface area contributed by atoms with Crippen LogP contribution in [0.25, 0.3) is 0 Å². The summed E-state index contributed by atoms with van der Waals surface area (Å²) in [6.07, 6.45) is 4.68. The van der Waals surface area contributed by atoms with Crippen molar-refractivity contribution in [3.8, 4) is 0 Å². The molecule has 1 heterocycles. The van der Waals surface area contributed by atoms with Crippen molar-refractivity contribution in [2.24, 2.45) is 5.92 Å². The van der Waals surface area contributed by atoms with Gasteiger partial charge in [0.2, 0.25) is 0 Å². The summed E-state index contributed by atoms with van der Waals surface area (Å²) in [6.45, 7) is 4.08. The average molecular weight is 363 g/mol. The number of piperazine rings is 1. The van der Waals surface area contributed by atoms with E-state index in [1.54, 1.807) is 12.1 Å². The highest BCUT2D eigenvalue weighted by molar-refractivity contribution is 5.74. The summed E-state index contributed by atoms with van der Waals surface area (Å²) in [5.41, 5.74) is 0.693. The Morgan fingerprint density at radius 3 is 2.81 bits per heavy atom. The molecule has 1 aliphatic carbocycles. The third-order valence-electron chi connectivity index (χ3n) is 5.40. The molecular formula is C20H30FN3O2. The van der Waals surface area contributed by atoms with Crippen LogP contribution in [0.4, 0.5) is 9.18 Å². The number of urea groups is 1. The number of hydrogen-bond donors (Lipinski definition) is 2. The van der Waals surface area contributed by atoms with Gasteiger partial charge in [-0.25, -0.2) is 9.18 Å². The van der Waals surface area contributed by atoms with Crippen molar-refractivity contribution in [2.75, 3.05) is 39.3 Å². The fourth-order valence-electron chi connectivity index (χ4n) is 3.66. The Hall–Kier alpha value is -1.66. The van der Waals surface area contributed by atoms with E-state index >= 15 is 0 Å². The van der Waals surface area contributed by atoms with Crippen LogP contribution in [0.5, 0.6) is 0 Å². The van der Waals surface area contributed by atoms with Gasteiger partial charge in [0.15, 0.2) is 0 Å². The summed E-state index contributed by atoms with van der Waals surface area (Å²) in [5, 5.41) is 12.3. The highest BCUT2D eigenvalue weighted by atomic mass is 19.1. The van der Waals surface area contributed by atoms with Crippen LogP contribution in [0, 0.1) is 11.7 Å². The minimum absolute atomic E-state index is 0.0486. The molecule has 2 aliphatic rings. The second-order valence-electron chi connectivity index (χ2n) is 7.48. The topological polar surface area (TPSA) is 55.8 Å². The Labute approximate surface area is 155 Å². The molecule has 5 nitrogen and oxygen atoms in total. The predicted molar refractivity (Wildman–Crippen MR) is 99.5 cm³/mol. The number of halogens is 1. The number of carbonyl (C=O) groups excluding carboxylic acids is 1. The summed E-state index contributed by atoms with van der Waals surface area (Å²) in [7, 11) is 0. The van der Waals surface area contributed by atoms with Gasteiger partial charge in [-0.05, 0) is 49.7 Å². The van der Waals surface area contributed by atoms with E-state index in [2.05, 4.69) is 10.2 Å². The molecular weight excluding hydrogens is 333 g/mol. The van der Waals surface area contributed by atoms with Crippen molar-refractivity contribution in [2.45, 2.75) is 38.1 Å². The minimum atomic E-state index is -0.183. The molecule has 1 atom stereocenters. The highest BCUT2D eigenvalue weighted by Crippen LogP contribution is 2.31. The van der Waals surface area contributed by atoms with E-state index in [9.17, 15) is 14.3 Å². The Morgan fingerprint density at radius 1 is 1.27 bits per heavy atom. The lowest BCUT2D eigenvalue weighted by Crippen LogP contribution is -2.57. The van der Waals surface area contributed by atoms with Crippen molar-refractivity contribution in [3.63, 3.8) is 0 Å². The van der Waals surface area contributed by atoms with Gasteiger partial charge in [0.05, 0.1) is 0 Å². The van der Waals surface area contributed by atoms with Gasteiger partial charge < -0.3 is 15.3 Å². The summed E-state index contributed by atoms with van der Waals surface area (Å²) in [4.78, 5) is 16.7. The van der Waals surface area contributed by atoms with Crippen molar-refractivity contribution in [1.29, 1.82) is 0 Å². The number of carbonyl (C=O) groups is 1. The lowest BCUT2D eigenvalue weighted by atomic mass is 10.1. The van der Waals surface area contributed by atoms with Crippen LogP contribution >= 0.6 is 0 Å². The number of aliphatic hydroxyl groups is 1. The molecule has 0 spiro atoms. The van der Waals surface area contributed by atoms with Crippen LogP contribution in [0.1, 0.15) is 31.2 Å². The number of aliphatic hydroxyl groups excluding tert-OH is 1. The molecule has 0 radical (unpaired) electrons. The largest absolute Gasteiger partial charge is 0.396 e. The molecule has 6 heteroatoms.